The SMILES string of the molecule is CC(N=O)[C@H]1CC[C@H]2[C@@H]3CC=C4C(C)(C)C(=O)C(C#N)C[C@]4(C)[C@H]3CC[C@]12C. The molecule has 0 heterocycles. The van der Waals surface area contributed by atoms with Crippen molar-refractivity contribution in [3.8, 4) is 6.07 Å². The van der Waals surface area contributed by atoms with Gasteiger partial charge in [-0.15, -0.1) is 0 Å². The molecule has 4 nitrogen and oxygen atoms in total. The smallest absolute Gasteiger partial charge is 0.159 e. The van der Waals surface area contributed by atoms with Crippen LogP contribution in [0.3, 0.4) is 0 Å². The average molecular weight is 383 g/mol. The lowest BCUT2D eigenvalue weighted by Crippen LogP contribution is -2.55. The van der Waals surface area contributed by atoms with E-state index in [0.717, 1.165) is 25.7 Å². The molecule has 4 rings (SSSR count). The quantitative estimate of drug-likeness (QED) is 0.456. The lowest BCUT2D eigenvalue weighted by atomic mass is 9.43. The van der Waals surface area contributed by atoms with Crippen molar-refractivity contribution in [2.24, 2.45) is 51.0 Å². The number of rotatable bonds is 2. The summed E-state index contributed by atoms with van der Waals surface area (Å²) in [6.45, 7) is 10.8. The van der Waals surface area contributed by atoms with Crippen LogP contribution < -0.4 is 0 Å². The number of ketones is 1. The van der Waals surface area contributed by atoms with Crippen LogP contribution in [0.2, 0.25) is 0 Å². The van der Waals surface area contributed by atoms with E-state index in [1.54, 1.807) is 0 Å². The summed E-state index contributed by atoms with van der Waals surface area (Å²) in [6.07, 6.45) is 8.65. The van der Waals surface area contributed by atoms with Gasteiger partial charge in [-0.3, -0.25) is 4.79 Å². The Morgan fingerprint density at radius 1 is 1.18 bits per heavy atom. The van der Waals surface area contributed by atoms with Gasteiger partial charge in [-0.1, -0.05) is 30.7 Å². The van der Waals surface area contributed by atoms with Crippen LogP contribution in [0.1, 0.15) is 73.1 Å². The molecule has 0 radical (unpaired) electrons. The summed E-state index contributed by atoms with van der Waals surface area (Å²) in [5, 5.41) is 13.1. The van der Waals surface area contributed by atoms with Crippen LogP contribution in [0.5, 0.6) is 0 Å². The third kappa shape index (κ3) is 2.37. The van der Waals surface area contributed by atoms with Gasteiger partial charge in [0.15, 0.2) is 5.78 Å². The molecule has 0 amide bonds. The normalized spacial score (nSPS) is 47.8. The Bertz CT molecular complexity index is 778. The second-order valence-electron chi connectivity index (χ2n) is 11.1. The summed E-state index contributed by atoms with van der Waals surface area (Å²) in [7, 11) is 0. The van der Waals surface area contributed by atoms with E-state index in [-0.39, 0.29) is 22.7 Å². The van der Waals surface area contributed by atoms with Crippen LogP contribution in [0.4, 0.5) is 0 Å². The predicted octanol–water partition coefficient (Wildman–Crippen LogP) is 5.68. The maximum absolute atomic E-state index is 12.9. The third-order valence-corrected chi connectivity index (χ3v) is 9.68. The molecule has 0 aromatic heterocycles. The number of nitriles is 1. The lowest BCUT2D eigenvalue weighted by Gasteiger charge is -2.60. The Balaban J connectivity index is 1.73. The Labute approximate surface area is 169 Å². The minimum atomic E-state index is -0.534. The molecule has 0 aromatic carbocycles. The highest BCUT2D eigenvalue weighted by molar-refractivity contribution is 5.92. The second-order valence-corrected chi connectivity index (χ2v) is 11.1. The number of Topliss-reactive ketones (excluding diaryl/α,β-unsaturated/α-hetero) is 1. The zero-order valence-corrected chi connectivity index (χ0v) is 18.0. The van der Waals surface area contributed by atoms with Gasteiger partial charge in [-0.25, -0.2) is 0 Å². The maximum atomic E-state index is 12.9. The van der Waals surface area contributed by atoms with Crippen molar-refractivity contribution < 1.29 is 4.79 Å². The van der Waals surface area contributed by atoms with Gasteiger partial charge >= 0.3 is 0 Å². The average Bonchev–Trinajstić information content (AvgIpc) is 3.01. The molecular formula is C24H34N2O2. The fourth-order valence-electron chi connectivity index (χ4n) is 8.42. The number of hydrogen-bond donors (Lipinski definition) is 0. The van der Waals surface area contributed by atoms with Crippen LogP contribution in [-0.2, 0) is 4.79 Å². The summed E-state index contributed by atoms with van der Waals surface area (Å²) in [6, 6.07) is 2.22. The van der Waals surface area contributed by atoms with Crippen molar-refractivity contribution in [1.29, 1.82) is 5.26 Å². The predicted molar refractivity (Wildman–Crippen MR) is 109 cm³/mol. The highest BCUT2D eigenvalue weighted by Gasteiger charge is 2.62. The van der Waals surface area contributed by atoms with E-state index >= 15 is 0 Å². The van der Waals surface area contributed by atoms with Crippen molar-refractivity contribution in [3.05, 3.63) is 16.6 Å². The summed E-state index contributed by atoms with van der Waals surface area (Å²) < 4.78 is 0. The minimum Gasteiger partial charge on any atom is -0.297 e. The standard InChI is InChI=1S/C24H34N2O2/c1-14(26-28)17-7-8-18-16-6-9-20-22(2,3)21(27)15(13-25)12-24(20,5)19(16)10-11-23(17,18)4/h9,14-19H,6-8,10-12H2,1-5H3/t14?,15?,16-,17+,18-,19-,23+,24+/m0/s1. The number of hydrogen-bond acceptors (Lipinski definition) is 4. The monoisotopic (exact) mass is 382 g/mol. The molecule has 0 aromatic rings. The Hall–Kier alpha value is -1.50. The largest absolute Gasteiger partial charge is 0.297 e. The Morgan fingerprint density at radius 2 is 1.89 bits per heavy atom. The van der Waals surface area contributed by atoms with E-state index in [4.69, 9.17) is 0 Å². The minimum absolute atomic E-state index is 0.0608. The summed E-state index contributed by atoms with van der Waals surface area (Å²) in [5.74, 6) is 1.76. The summed E-state index contributed by atoms with van der Waals surface area (Å²) >= 11 is 0. The van der Waals surface area contributed by atoms with Gasteiger partial charge in [-0.2, -0.15) is 10.2 Å². The van der Waals surface area contributed by atoms with Crippen LogP contribution in [0, 0.1) is 62.1 Å². The number of carbonyl (C=O) groups excluding carboxylic acids is 1. The van der Waals surface area contributed by atoms with Crippen molar-refractivity contribution in [1.82, 2.24) is 0 Å². The molecule has 0 saturated heterocycles. The number of nitrogens with zero attached hydrogens (tertiary/aromatic N) is 2. The van der Waals surface area contributed by atoms with Crippen molar-refractivity contribution in [2.45, 2.75) is 79.2 Å². The molecule has 2 unspecified atom stereocenters. The molecule has 3 fully saturated rings. The van der Waals surface area contributed by atoms with Crippen molar-refractivity contribution in [2.75, 3.05) is 0 Å². The van der Waals surface area contributed by atoms with Crippen LogP contribution in [-0.4, -0.2) is 11.8 Å². The molecule has 28 heavy (non-hydrogen) atoms. The highest BCUT2D eigenvalue weighted by Crippen LogP contribution is 2.68. The first-order valence-electron chi connectivity index (χ1n) is 11.1. The van der Waals surface area contributed by atoms with Gasteiger partial charge < -0.3 is 0 Å². The van der Waals surface area contributed by atoms with E-state index in [2.05, 4.69) is 31.2 Å². The summed E-state index contributed by atoms with van der Waals surface area (Å²) in [5.41, 5.74) is 0.895. The van der Waals surface area contributed by atoms with Crippen LogP contribution >= 0.6 is 0 Å². The van der Waals surface area contributed by atoms with Gasteiger partial charge in [0.25, 0.3) is 0 Å². The molecule has 0 spiro atoms. The molecular weight excluding hydrogens is 348 g/mol. The van der Waals surface area contributed by atoms with Gasteiger partial charge in [-0.05, 0) is 93.8 Å². The van der Waals surface area contributed by atoms with Gasteiger partial charge in [0, 0.05) is 5.41 Å². The molecule has 0 aliphatic heterocycles. The topological polar surface area (TPSA) is 70.3 Å². The molecule has 3 saturated carbocycles. The van der Waals surface area contributed by atoms with Crippen molar-refractivity contribution >= 4 is 5.78 Å². The van der Waals surface area contributed by atoms with Gasteiger partial charge in [0.1, 0.15) is 5.92 Å². The maximum Gasteiger partial charge on any atom is 0.159 e. The number of nitroso groups, excluding NO2 is 1. The molecule has 4 aliphatic rings. The number of fused-ring (bicyclic) bond motifs is 5. The molecule has 8 atom stereocenters. The zero-order valence-electron chi connectivity index (χ0n) is 18.0. The van der Waals surface area contributed by atoms with Gasteiger partial charge in [0.2, 0.25) is 0 Å². The van der Waals surface area contributed by atoms with E-state index in [1.807, 2.05) is 20.8 Å². The van der Waals surface area contributed by atoms with E-state index in [9.17, 15) is 15.0 Å². The van der Waals surface area contributed by atoms with E-state index < -0.39 is 11.3 Å². The molecule has 0 bridgehead atoms. The Morgan fingerprint density at radius 3 is 2.54 bits per heavy atom. The molecule has 0 N–H and O–H groups in total. The fourth-order valence-corrected chi connectivity index (χ4v) is 8.42. The third-order valence-electron chi connectivity index (χ3n) is 9.68. The first kappa shape index (κ1) is 19.8. The van der Waals surface area contributed by atoms with Gasteiger partial charge in [0.05, 0.1) is 12.1 Å². The van der Waals surface area contributed by atoms with Crippen LogP contribution in [0.15, 0.2) is 16.8 Å². The van der Waals surface area contributed by atoms with E-state index in [0.29, 0.717) is 30.1 Å². The highest BCUT2D eigenvalue weighted by atomic mass is 16.3. The summed E-state index contributed by atoms with van der Waals surface area (Å²) in [4.78, 5) is 24.2. The lowest BCUT2D eigenvalue weighted by molar-refractivity contribution is -0.135. The fraction of sp³-hybridized carbons (Fsp3) is 0.833. The molecule has 4 aliphatic carbocycles. The molecule has 4 heteroatoms. The van der Waals surface area contributed by atoms with Crippen LogP contribution in [0.25, 0.3) is 0 Å². The van der Waals surface area contributed by atoms with Crippen molar-refractivity contribution in [3.63, 3.8) is 0 Å². The second kappa shape index (κ2) is 6.25. The zero-order chi connectivity index (χ0) is 20.5. The Kier molecular flexibility index (Phi) is 4.42. The van der Waals surface area contributed by atoms with E-state index in [1.165, 1.54) is 12.0 Å². The molecule has 152 valence electrons. The number of allylic oxidation sites excluding steroid dienone is 2. The number of carbonyl (C=O) groups is 1. The first-order chi connectivity index (χ1) is 13.1. The first-order valence-corrected chi connectivity index (χ1v) is 11.1.